The van der Waals surface area contributed by atoms with E-state index in [2.05, 4.69) is 10.4 Å². The number of aromatic nitrogens is 2. The molecule has 1 aromatic heterocycles. The van der Waals surface area contributed by atoms with E-state index in [-0.39, 0.29) is 5.69 Å². The summed E-state index contributed by atoms with van der Waals surface area (Å²) in [5.74, 6) is 0. The van der Waals surface area contributed by atoms with Gasteiger partial charge in [0.2, 0.25) is 0 Å². The Morgan fingerprint density at radius 2 is 2.14 bits per heavy atom. The van der Waals surface area contributed by atoms with Crippen LogP contribution in [0.15, 0.2) is 42.7 Å². The monoisotopic (exact) mass is 290 g/mol. The van der Waals surface area contributed by atoms with Gasteiger partial charge in [0, 0.05) is 31.1 Å². The van der Waals surface area contributed by atoms with Crippen LogP contribution in [0.3, 0.4) is 0 Å². The van der Waals surface area contributed by atoms with Gasteiger partial charge in [0.05, 0.1) is 17.6 Å². The van der Waals surface area contributed by atoms with E-state index in [0.717, 1.165) is 12.0 Å². The first-order valence-corrected chi connectivity index (χ1v) is 6.74. The van der Waals surface area contributed by atoms with Crippen LogP contribution in [0.4, 0.5) is 5.69 Å². The topological polar surface area (TPSA) is 93.2 Å². The van der Waals surface area contributed by atoms with Gasteiger partial charge in [-0.1, -0.05) is 12.1 Å². The van der Waals surface area contributed by atoms with E-state index >= 15 is 0 Å². The van der Waals surface area contributed by atoms with E-state index in [4.69, 9.17) is 0 Å². The lowest BCUT2D eigenvalue weighted by Crippen LogP contribution is -2.31. The molecule has 1 unspecified atom stereocenters. The van der Waals surface area contributed by atoms with Crippen molar-refractivity contribution >= 4 is 5.69 Å². The molecule has 0 saturated heterocycles. The van der Waals surface area contributed by atoms with Crippen LogP contribution >= 0.6 is 0 Å². The highest BCUT2D eigenvalue weighted by Crippen LogP contribution is 2.11. The number of hydrogen-bond acceptors (Lipinski definition) is 5. The fourth-order valence-corrected chi connectivity index (χ4v) is 1.97. The summed E-state index contributed by atoms with van der Waals surface area (Å²) in [7, 11) is 0. The van der Waals surface area contributed by atoms with E-state index in [0.29, 0.717) is 19.6 Å². The van der Waals surface area contributed by atoms with Crippen molar-refractivity contribution in [2.45, 2.75) is 19.1 Å². The number of nitro groups is 1. The molecule has 0 aliphatic rings. The van der Waals surface area contributed by atoms with Crippen LogP contribution in [0.2, 0.25) is 0 Å². The standard InChI is InChI=1S/C14H18N4O3/c19-14(11-17-9-1-7-16-17)10-15-8-6-12-2-4-13(5-3-12)18(20)21/h1-5,7,9,14-15,19H,6,8,10-11H2. The summed E-state index contributed by atoms with van der Waals surface area (Å²) in [4.78, 5) is 10.1. The minimum atomic E-state index is -0.498. The molecule has 2 rings (SSSR count). The Morgan fingerprint density at radius 1 is 1.38 bits per heavy atom. The summed E-state index contributed by atoms with van der Waals surface area (Å²) >= 11 is 0. The molecule has 0 saturated carbocycles. The number of hydrogen-bond donors (Lipinski definition) is 2. The maximum atomic E-state index is 10.5. The first kappa shape index (κ1) is 15.1. The minimum absolute atomic E-state index is 0.0985. The second-order valence-corrected chi connectivity index (χ2v) is 4.76. The SMILES string of the molecule is O=[N+]([O-])c1ccc(CCNCC(O)Cn2cccn2)cc1. The van der Waals surface area contributed by atoms with Gasteiger partial charge >= 0.3 is 0 Å². The van der Waals surface area contributed by atoms with Crippen LogP contribution in [0.1, 0.15) is 5.56 Å². The molecule has 112 valence electrons. The van der Waals surface area contributed by atoms with Crippen molar-refractivity contribution in [3.05, 3.63) is 58.4 Å². The first-order valence-electron chi connectivity index (χ1n) is 6.74. The molecule has 1 atom stereocenters. The van der Waals surface area contributed by atoms with E-state index in [1.165, 1.54) is 12.1 Å². The van der Waals surface area contributed by atoms with Crippen LogP contribution in [0, 0.1) is 10.1 Å². The van der Waals surface area contributed by atoms with Crippen molar-refractivity contribution in [2.75, 3.05) is 13.1 Å². The number of benzene rings is 1. The van der Waals surface area contributed by atoms with Crippen LogP contribution < -0.4 is 5.32 Å². The molecule has 7 nitrogen and oxygen atoms in total. The van der Waals surface area contributed by atoms with Gasteiger partial charge in [-0.15, -0.1) is 0 Å². The zero-order valence-corrected chi connectivity index (χ0v) is 11.6. The molecule has 0 bridgehead atoms. The number of nitrogens with zero attached hydrogens (tertiary/aromatic N) is 3. The Labute approximate surface area is 122 Å². The highest BCUT2D eigenvalue weighted by atomic mass is 16.6. The second kappa shape index (κ2) is 7.51. The molecule has 0 radical (unpaired) electrons. The zero-order chi connectivity index (χ0) is 15.1. The third-order valence-corrected chi connectivity index (χ3v) is 3.07. The molecular weight excluding hydrogens is 272 g/mol. The molecule has 21 heavy (non-hydrogen) atoms. The highest BCUT2D eigenvalue weighted by molar-refractivity contribution is 5.32. The summed E-state index contributed by atoms with van der Waals surface area (Å²) in [6, 6.07) is 8.32. The molecule has 0 amide bonds. The smallest absolute Gasteiger partial charge is 0.269 e. The predicted octanol–water partition coefficient (Wildman–Crippen LogP) is 0.984. The molecule has 1 heterocycles. The minimum Gasteiger partial charge on any atom is -0.390 e. The first-order chi connectivity index (χ1) is 10.1. The predicted molar refractivity (Wildman–Crippen MR) is 77.9 cm³/mol. The van der Waals surface area contributed by atoms with Crippen molar-refractivity contribution in [3.63, 3.8) is 0 Å². The third-order valence-electron chi connectivity index (χ3n) is 3.07. The van der Waals surface area contributed by atoms with Gasteiger partial charge in [-0.2, -0.15) is 5.10 Å². The number of nitro benzene ring substituents is 1. The maximum Gasteiger partial charge on any atom is 0.269 e. The fraction of sp³-hybridized carbons (Fsp3) is 0.357. The summed E-state index contributed by atoms with van der Waals surface area (Å²) in [6.07, 6.45) is 3.74. The Hall–Kier alpha value is -2.25. The van der Waals surface area contributed by atoms with Gasteiger partial charge < -0.3 is 10.4 Å². The molecule has 0 spiro atoms. The lowest BCUT2D eigenvalue weighted by atomic mass is 10.1. The zero-order valence-electron chi connectivity index (χ0n) is 11.6. The Morgan fingerprint density at radius 3 is 2.76 bits per heavy atom. The lowest BCUT2D eigenvalue weighted by Gasteiger charge is -2.11. The molecule has 7 heteroatoms. The van der Waals surface area contributed by atoms with Gasteiger partial charge in [-0.3, -0.25) is 14.8 Å². The van der Waals surface area contributed by atoms with Crippen molar-refractivity contribution < 1.29 is 10.0 Å². The largest absolute Gasteiger partial charge is 0.390 e. The molecule has 1 aromatic carbocycles. The van der Waals surface area contributed by atoms with E-state index in [1.807, 2.05) is 6.07 Å². The average Bonchev–Trinajstić information content (AvgIpc) is 2.97. The van der Waals surface area contributed by atoms with Crippen molar-refractivity contribution in [1.29, 1.82) is 0 Å². The molecule has 0 aliphatic carbocycles. The second-order valence-electron chi connectivity index (χ2n) is 4.76. The summed E-state index contributed by atoms with van der Waals surface area (Å²) < 4.78 is 1.68. The summed E-state index contributed by atoms with van der Waals surface area (Å²) in [5.41, 5.74) is 1.12. The lowest BCUT2D eigenvalue weighted by molar-refractivity contribution is -0.384. The summed E-state index contributed by atoms with van der Waals surface area (Å²) in [6.45, 7) is 1.64. The van der Waals surface area contributed by atoms with E-state index in [1.54, 1.807) is 29.2 Å². The Bertz CT molecular complexity index is 554. The fourth-order valence-electron chi connectivity index (χ4n) is 1.97. The molecule has 2 N–H and O–H groups in total. The molecule has 2 aromatic rings. The molecule has 0 aliphatic heterocycles. The van der Waals surface area contributed by atoms with Gasteiger partial charge in [0.1, 0.15) is 0 Å². The number of non-ortho nitro benzene ring substituents is 1. The van der Waals surface area contributed by atoms with Crippen molar-refractivity contribution in [3.8, 4) is 0 Å². The van der Waals surface area contributed by atoms with Gasteiger partial charge in [-0.25, -0.2) is 0 Å². The van der Waals surface area contributed by atoms with Crippen LogP contribution in [-0.4, -0.2) is 39.0 Å². The van der Waals surface area contributed by atoms with E-state index < -0.39 is 11.0 Å². The third kappa shape index (κ3) is 4.97. The van der Waals surface area contributed by atoms with Gasteiger partial charge in [-0.05, 0) is 24.6 Å². The number of aliphatic hydroxyl groups excluding tert-OH is 1. The van der Waals surface area contributed by atoms with Gasteiger partial charge in [0.15, 0.2) is 0 Å². The van der Waals surface area contributed by atoms with Gasteiger partial charge in [0.25, 0.3) is 5.69 Å². The normalized spacial score (nSPS) is 12.2. The van der Waals surface area contributed by atoms with Crippen LogP contribution in [0.5, 0.6) is 0 Å². The van der Waals surface area contributed by atoms with Crippen molar-refractivity contribution in [1.82, 2.24) is 15.1 Å². The Kier molecular flexibility index (Phi) is 5.42. The summed E-state index contributed by atoms with van der Waals surface area (Å²) in [5, 5.41) is 27.5. The quantitative estimate of drug-likeness (QED) is 0.429. The number of rotatable bonds is 8. The van der Waals surface area contributed by atoms with E-state index in [9.17, 15) is 15.2 Å². The average molecular weight is 290 g/mol. The highest BCUT2D eigenvalue weighted by Gasteiger charge is 2.06. The van der Waals surface area contributed by atoms with Crippen molar-refractivity contribution in [2.24, 2.45) is 0 Å². The van der Waals surface area contributed by atoms with Crippen LogP contribution in [0.25, 0.3) is 0 Å². The molecule has 0 fully saturated rings. The molecular formula is C14H18N4O3. The number of aliphatic hydroxyl groups is 1. The number of nitrogens with one attached hydrogen (secondary N) is 1. The Balaban J connectivity index is 1.66. The maximum absolute atomic E-state index is 10.5. The van der Waals surface area contributed by atoms with Crippen LogP contribution in [-0.2, 0) is 13.0 Å².